The molecule has 2 aromatic heterocycles. The normalized spacial score (nSPS) is 16.8. The maximum Gasteiger partial charge on any atom is 0.282 e. The Morgan fingerprint density at radius 3 is 1.67 bits per heavy atom. The SMILES string of the molecule is COc1cc(Nc2ccc(CC[C@H]3COC(N)=N3)cc2)ncn1.NC1=N[C@@H](CCc2ccc(Nc3cc(Cl)ncn3)cc2)CO1. The number of hydrogen-bond donors (Lipinski definition) is 4. The highest BCUT2D eigenvalue weighted by atomic mass is 35.5. The van der Waals surface area contributed by atoms with Crippen molar-refractivity contribution >= 4 is 46.7 Å². The van der Waals surface area contributed by atoms with Gasteiger partial charge >= 0.3 is 0 Å². The number of nitrogens with zero attached hydrogens (tertiary/aromatic N) is 6. The quantitative estimate of drug-likeness (QED) is 0.173. The number of rotatable bonds is 11. The van der Waals surface area contributed by atoms with Crippen LogP contribution in [0.15, 0.2) is 83.3 Å². The van der Waals surface area contributed by atoms with Gasteiger partial charge in [0.05, 0.1) is 19.2 Å². The van der Waals surface area contributed by atoms with Crippen molar-refractivity contribution in [2.75, 3.05) is 31.0 Å². The van der Waals surface area contributed by atoms with Crippen molar-refractivity contribution in [1.29, 1.82) is 0 Å². The van der Waals surface area contributed by atoms with Gasteiger partial charge in [-0.15, -0.1) is 0 Å². The minimum atomic E-state index is 0.168. The topological polar surface area (TPSA) is 180 Å². The molecule has 0 spiro atoms. The van der Waals surface area contributed by atoms with Crippen LogP contribution in [0.5, 0.6) is 5.88 Å². The first-order valence-electron chi connectivity index (χ1n) is 14.4. The Labute approximate surface area is 266 Å². The third kappa shape index (κ3) is 9.93. The van der Waals surface area contributed by atoms with Crippen LogP contribution in [-0.4, -0.2) is 64.4 Å². The smallest absolute Gasteiger partial charge is 0.282 e. The summed E-state index contributed by atoms with van der Waals surface area (Å²) in [4.78, 5) is 24.5. The fourth-order valence-electron chi connectivity index (χ4n) is 4.56. The lowest BCUT2D eigenvalue weighted by Gasteiger charge is -2.08. The summed E-state index contributed by atoms with van der Waals surface area (Å²) in [7, 11) is 1.58. The van der Waals surface area contributed by atoms with E-state index in [9.17, 15) is 0 Å². The summed E-state index contributed by atoms with van der Waals surface area (Å²) in [6.07, 6.45) is 6.61. The van der Waals surface area contributed by atoms with Crippen molar-refractivity contribution < 1.29 is 14.2 Å². The van der Waals surface area contributed by atoms with Gasteiger partial charge in [-0.25, -0.2) is 29.9 Å². The summed E-state index contributed by atoms with van der Waals surface area (Å²) in [5, 5.41) is 6.81. The number of benzene rings is 2. The monoisotopic (exact) mass is 630 g/mol. The van der Waals surface area contributed by atoms with Gasteiger partial charge in [-0.3, -0.25) is 0 Å². The van der Waals surface area contributed by atoms with E-state index in [1.807, 2.05) is 24.3 Å². The average Bonchev–Trinajstić information content (AvgIpc) is 3.68. The molecule has 0 saturated heterocycles. The Bertz CT molecular complexity index is 1600. The van der Waals surface area contributed by atoms with Crippen LogP contribution in [0.4, 0.5) is 23.0 Å². The van der Waals surface area contributed by atoms with E-state index in [-0.39, 0.29) is 12.1 Å². The molecule has 4 heterocycles. The largest absolute Gasteiger partial charge is 0.481 e. The van der Waals surface area contributed by atoms with Gasteiger partial charge in [-0.2, -0.15) is 0 Å². The standard InChI is InChI=1S/C16H19N5O2.C15H16ClN5O/c1-22-15-8-14(18-10-19-15)20-12-5-2-11(3-6-12)4-7-13-9-23-16(17)21-13;16-13-7-14(19-9-18-13)20-11-4-1-10(2-5-11)3-6-12-8-22-15(17)21-12/h2-3,5-6,8,10,13H,4,7,9H2,1H3,(H2,17,21)(H,18,19,20);1-2,4-5,7,9,12H,3,6,8H2,(H2,17,21)(H,18,19,20)/t13-;12-/m00/s1. The van der Waals surface area contributed by atoms with Crippen molar-refractivity contribution in [2.45, 2.75) is 37.8 Å². The van der Waals surface area contributed by atoms with E-state index >= 15 is 0 Å². The molecule has 2 aliphatic rings. The number of anilines is 4. The van der Waals surface area contributed by atoms with E-state index < -0.39 is 0 Å². The summed E-state index contributed by atoms with van der Waals surface area (Å²) >= 11 is 5.83. The number of nitrogens with two attached hydrogens (primary N) is 2. The molecular weight excluding hydrogens is 596 g/mol. The Balaban J connectivity index is 0.000000178. The maximum atomic E-state index is 5.83. The van der Waals surface area contributed by atoms with E-state index in [0.29, 0.717) is 47.9 Å². The summed E-state index contributed by atoms with van der Waals surface area (Å²) in [5.74, 6) is 1.89. The number of ether oxygens (including phenoxy) is 3. The molecule has 6 rings (SSSR count). The van der Waals surface area contributed by atoms with Crippen LogP contribution in [0.25, 0.3) is 0 Å². The summed E-state index contributed by atoms with van der Waals surface area (Å²) in [6, 6.07) is 20.7. The van der Waals surface area contributed by atoms with Gasteiger partial charge in [0.15, 0.2) is 0 Å². The average molecular weight is 631 g/mol. The molecule has 0 bridgehead atoms. The molecule has 14 heteroatoms. The molecule has 234 valence electrons. The molecule has 0 saturated carbocycles. The highest BCUT2D eigenvalue weighted by molar-refractivity contribution is 6.29. The van der Waals surface area contributed by atoms with E-state index in [4.69, 9.17) is 37.3 Å². The fraction of sp³-hybridized carbons (Fsp3) is 0.290. The molecule has 13 nitrogen and oxygen atoms in total. The van der Waals surface area contributed by atoms with E-state index in [0.717, 1.165) is 37.1 Å². The maximum absolute atomic E-state index is 5.83. The summed E-state index contributed by atoms with van der Waals surface area (Å²) in [5.41, 5.74) is 15.4. The van der Waals surface area contributed by atoms with E-state index in [2.05, 4.69) is 64.8 Å². The number of methoxy groups -OCH3 is 1. The number of halogens is 1. The first-order chi connectivity index (χ1) is 21.9. The first-order valence-corrected chi connectivity index (χ1v) is 14.8. The molecular formula is C31H35ClN10O3. The second-order valence-corrected chi connectivity index (χ2v) is 10.6. The second kappa shape index (κ2) is 15.5. The Morgan fingerprint density at radius 1 is 0.733 bits per heavy atom. The van der Waals surface area contributed by atoms with Crippen LogP contribution in [0, 0.1) is 0 Å². The van der Waals surface area contributed by atoms with Gasteiger partial charge in [0, 0.05) is 23.5 Å². The van der Waals surface area contributed by atoms with E-state index in [1.54, 1.807) is 19.2 Å². The summed E-state index contributed by atoms with van der Waals surface area (Å²) < 4.78 is 15.4. The molecule has 45 heavy (non-hydrogen) atoms. The van der Waals surface area contributed by atoms with Crippen LogP contribution in [0.3, 0.4) is 0 Å². The lowest BCUT2D eigenvalue weighted by molar-refractivity contribution is 0.308. The van der Waals surface area contributed by atoms with Gasteiger partial charge in [0.1, 0.15) is 42.7 Å². The Kier molecular flexibility index (Phi) is 10.8. The number of aryl methyl sites for hydroxylation is 2. The van der Waals surface area contributed by atoms with Crippen LogP contribution < -0.4 is 26.8 Å². The predicted octanol–water partition coefficient (Wildman–Crippen LogP) is 4.39. The highest BCUT2D eigenvalue weighted by Crippen LogP contribution is 2.20. The molecule has 2 atom stereocenters. The molecule has 0 aliphatic carbocycles. The Hall–Kier alpha value is -5.17. The summed E-state index contributed by atoms with van der Waals surface area (Å²) in [6.45, 7) is 1.17. The van der Waals surface area contributed by atoms with Crippen molar-refractivity contribution in [3.63, 3.8) is 0 Å². The molecule has 0 radical (unpaired) electrons. The zero-order valence-corrected chi connectivity index (χ0v) is 25.5. The van der Waals surface area contributed by atoms with Crippen LogP contribution >= 0.6 is 11.6 Å². The molecule has 2 aliphatic heterocycles. The van der Waals surface area contributed by atoms with Gasteiger partial charge in [0.25, 0.3) is 12.0 Å². The van der Waals surface area contributed by atoms with Gasteiger partial charge in [-0.05, 0) is 61.1 Å². The number of nitrogens with one attached hydrogen (secondary N) is 2. The van der Waals surface area contributed by atoms with Crippen LogP contribution in [0.1, 0.15) is 24.0 Å². The van der Waals surface area contributed by atoms with E-state index in [1.165, 1.54) is 23.8 Å². The molecule has 6 N–H and O–H groups in total. The van der Waals surface area contributed by atoms with Crippen LogP contribution in [-0.2, 0) is 22.3 Å². The highest BCUT2D eigenvalue weighted by Gasteiger charge is 2.17. The van der Waals surface area contributed by atoms with Crippen molar-refractivity contribution in [2.24, 2.45) is 21.5 Å². The lowest BCUT2D eigenvalue weighted by Crippen LogP contribution is -2.10. The van der Waals surface area contributed by atoms with Crippen LogP contribution in [0.2, 0.25) is 5.15 Å². The third-order valence-corrected chi connectivity index (χ3v) is 7.14. The Morgan fingerprint density at radius 2 is 1.22 bits per heavy atom. The fourth-order valence-corrected chi connectivity index (χ4v) is 4.71. The van der Waals surface area contributed by atoms with Gasteiger partial charge < -0.3 is 36.3 Å². The predicted molar refractivity (Wildman–Crippen MR) is 174 cm³/mol. The lowest BCUT2D eigenvalue weighted by atomic mass is 10.1. The third-order valence-electron chi connectivity index (χ3n) is 6.94. The molecule has 0 amide bonds. The molecule has 0 unspecified atom stereocenters. The minimum Gasteiger partial charge on any atom is -0.481 e. The molecule has 2 aromatic carbocycles. The zero-order valence-electron chi connectivity index (χ0n) is 24.8. The van der Waals surface area contributed by atoms with Gasteiger partial charge in [0.2, 0.25) is 5.88 Å². The van der Waals surface area contributed by atoms with Crippen molar-refractivity contribution in [1.82, 2.24) is 19.9 Å². The van der Waals surface area contributed by atoms with Crippen molar-refractivity contribution in [3.8, 4) is 5.88 Å². The number of aromatic nitrogens is 4. The zero-order chi connectivity index (χ0) is 31.4. The van der Waals surface area contributed by atoms with Crippen molar-refractivity contribution in [3.05, 3.63) is 89.6 Å². The number of amidine groups is 2. The molecule has 4 aromatic rings. The number of aliphatic imine (C=N–C) groups is 2. The van der Waals surface area contributed by atoms with Gasteiger partial charge in [-0.1, -0.05) is 35.9 Å². The minimum absolute atomic E-state index is 0.168. The number of hydrogen-bond acceptors (Lipinski definition) is 13. The second-order valence-electron chi connectivity index (χ2n) is 10.3. The molecule has 0 fully saturated rings. The first kappa shape index (κ1) is 31.3.